The fraction of sp³-hybridized carbons (Fsp3) is 0.478. The van der Waals surface area contributed by atoms with E-state index >= 15 is 0 Å². The smallest absolute Gasteiger partial charge is 0.250 e. The molecule has 0 aromatic carbocycles. The molecule has 0 radical (unpaired) electrons. The van der Waals surface area contributed by atoms with E-state index in [1.165, 1.54) is 0 Å². The number of aryl methyl sites for hydroxylation is 1. The van der Waals surface area contributed by atoms with Crippen molar-refractivity contribution in [2.24, 2.45) is 13.0 Å². The van der Waals surface area contributed by atoms with E-state index < -0.39 is 6.04 Å². The fourth-order valence-electron chi connectivity index (χ4n) is 4.65. The van der Waals surface area contributed by atoms with Crippen molar-refractivity contribution < 1.29 is 9.59 Å². The first-order chi connectivity index (χ1) is 16.1. The molecule has 33 heavy (non-hydrogen) atoms. The van der Waals surface area contributed by atoms with Crippen LogP contribution in [-0.2, 0) is 16.6 Å². The molecule has 2 fully saturated rings. The van der Waals surface area contributed by atoms with Crippen LogP contribution in [0.2, 0.25) is 0 Å². The molecule has 1 unspecified atom stereocenters. The topological polar surface area (TPSA) is 118 Å². The molecular weight excluding hydrogens is 420 g/mol. The normalized spacial score (nSPS) is 18.5. The molecule has 2 saturated heterocycles. The quantitative estimate of drug-likeness (QED) is 0.598. The minimum absolute atomic E-state index is 0.129. The van der Waals surface area contributed by atoms with Crippen LogP contribution in [0, 0.1) is 5.92 Å². The third-order valence-electron chi connectivity index (χ3n) is 6.45. The van der Waals surface area contributed by atoms with E-state index in [-0.39, 0.29) is 17.7 Å². The molecule has 5 heterocycles. The van der Waals surface area contributed by atoms with Gasteiger partial charge in [0.2, 0.25) is 11.8 Å². The van der Waals surface area contributed by atoms with Gasteiger partial charge in [-0.2, -0.15) is 0 Å². The SMILES string of the molecule is Cn1cc(-c2ccc3cnc(C(C(=O)NC(=O)C4CCNCC4)N4CCCC4)cc3n2)nn1. The van der Waals surface area contributed by atoms with Gasteiger partial charge in [-0.05, 0) is 70.1 Å². The third kappa shape index (κ3) is 4.62. The number of carbonyl (C=O) groups is 2. The Hall–Kier alpha value is -3.24. The molecule has 3 aromatic heterocycles. The lowest BCUT2D eigenvalue weighted by Gasteiger charge is -2.27. The molecule has 0 aliphatic carbocycles. The Morgan fingerprint density at radius 3 is 2.67 bits per heavy atom. The van der Waals surface area contributed by atoms with E-state index in [1.807, 2.05) is 31.4 Å². The number of hydrogen-bond donors (Lipinski definition) is 2. The van der Waals surface area contributed by atoms with Crippen molar-refractivity contribution in [3.63, 3.8) is 0 Å². The highest BCUT2D eigenvalue weighted by Crippen LogP contribution is 2.27. The van der Waals surface area contributed by atoms with Gasteiger partial charge < -0.3 is 5.32 Å². The molecule has 5 rings (SSSR count). The largest absolute Gasteiger partial charge is 0.317 e. The standard InChI is InChI=1S/C23H28N8O2/c1-30-14-20(28-29-30)17-5-4-16-13-25-19(12-18(16)26-17)21(31-10-2-3-11-31)23(33)27-22(32)15-6-8-24-9-7-15/h4-5,12-15,21,24H,2-3,6-11H2,1H3,(H,27,32,33). The number of likely N-dealkylation sites (tertiary alicyclic amines) is 1. The fourth-order valence-corrected chi connectivity index (χ4v) is 4.65. The van der Waals surface area contributed by atoms with Crippen molar-refractivity contribution in [1.29, 1.82) is 0 Å². The molecule has 172 valence electrons. The van der Waals surface area contributed by atoms with Gasteiger partial charge in [0.25, 0.3) is 0 Å². The van der Waals surface area contributed by atoms with Crippen molar-refractivity contribution in [3.05, 3.63) is 36.3 Å². The Morgan fingerprint density at radius 1 is 1.15 bits per heavy atom. The number of nitrogens with zero attached hydrogens (tertiary/aromatic N) is 6. The van der Waals surface area contributed by atoms with Gasteiger partial charge in [0, 0.05) is 24.5 Å². The van der Waals surface area contributed by atoms with Gasteiger partial charge >= 0.3 is 0 Å². The van der Waals surface area contributed by atoms with Crippen LogP contribution in [0.1, 0.15) is 37.4 Å². The first-order valence-electron chi connectivity index (χ1n) is 11.5. The first-order valence-corrected chi connectivity index (χ1v) is 11.5. The van der Waals surface area contributed by atoms with Crippen LogP contribution in [0.3, 0.4) is 0 Å². The van der Waals surface area contributed by atoms with Gasteiger partial charge in [-0.25, -0.2) is 4.98 Å². The van der Waals surface area contributed by atoms with Gasteiger partial charge in [-0.1, -0.05) is 5.21 Å². The molecule has 2 N–H and O–H groups in total. The molecule has 2 aliphatic rings. The number of amides is 2. The van der Waals surface area contributed by atoms with Gasteiger partial charge in [0.05, 0.1) is 23.1 Å². The molecule has 2 aliphatic heterocycles. The lowest BCUT2D eigenvalue weighted by Crippen LogP contribution is -2.46. The minimum atomic E-state index is -0.621. The second-order valence-electron chi connectivity index (χ2n) is 8.80. The van der Waals surface area contributed by atoms with Crippen LogP contribution in [0.15, 0.2) is 30.6 Å². The highest BCUT2D eigenvalue weighted by atomic mass is 16.2. The Morgan fingerprint density at radius 2 is 1.94 bits per heavy atom. The van der Waals surface area contributed by atoms with Crippen molar-refractivity contribution in [3.8, 4) is 11.4 Å². The number of carbonyl (C=O) groups excluding carboxylic acids is 2. The van der Waals surface area contributed by atoms with E-state index in [0.29, 0.717) is 17.1 Å². The zero-order valence-electron chi connectivity index (χ0n) is 18.7. The van der Waals surface area contributed by atoms with E-state index in [0.717, 1.165) is 62.8 Å². The van der Waals surface area contributed by atoms with E-state index in [2.05, 4.69) is 30.8 Å². The van der Waals surface area contributed by atoms with Crippen LogP contribution < -0.4 is 10.6 Å². The van der Waals surface area contributed by atoms with Crippen LogP contribution in [-0.4, -0.2) is 67.9 Å². The maximum Gasteiger partial charge on any atom is 0.250 e. The Kier molecular flexibility index (Phi) is 6.10. The van der Waals surface area contributed by atoms with Crippen molar-refractivity contribution in [2.75, 3.05) is 26.2 Å². The summed E-state index contributed by atoms with van der Waals surface area (Å²) in [4.78, 5) is 37.5. The van der Waals surface area contributed by atoms with Crippen LogP contribution in [0.5, 0.6) is 0 Å². The monoisotopic (exact) mass is 448 g/mol. The Balaban J connectivity index is 1.44. The molecule has 1 atom stereocenters. The molecule has 10 heteroatoms. The number of fused-ring (bicyclic) bond motifs is 1. The average Bonchev–Trinajstić information content (AvgIpc) is 3.51. The number of nitrogens with one attached hydrogen (secondary N) is 2. The maximum absolute atomic E-state index is 13.3. The Labute approximate surface area is 191 Å². The maximum atomic E-state index is 13.3. The molecule has 0 bridgehead atoms. The highest BCUT2D eigenvalue weighted by Gasteiger charge is 2.33. The van der Waals surface area contributed by atoms with Gasteiger partial charge in [-0.3, -0.25) is 29.5 Å². The molecule has 0 saturated carbocycles. The number of aromatic nitrogens is 5. The van der Waals surface area contributed by atoms with Gasteiger partial charge in [-0.15, -0.1) is 5.10 Å². The number of rotatable bonds is 5. The predicted octanol–water partition coefficient (Wildman–Crippen LogP) is 1.20. The third-order valence-corrected chi connectivity index (χ3v) is 6.45. The highest BCUT2D eigenvalue weighted by molar-refractivity contribution is 5.99. The summed E-state index contributed by atoms with van der Waals surface area (Å²) in [5, 5.41) is 14.9. The molecule has 3 aromatic rings. The van der Waals surface area contributed by atoms with Crippen LogP contribution >= 0.6 is 0 Å². The summed E-state index contributed by atoms with van der Waals surface area (Å²) in [5.41, 5.74) is 2.71. The summed E-state index contributed by atoms with van der Waals surface area (Å²) in [6, 6.07) is 5.06. The Bertz CT molecular complexity index is 1160. The van der Waals surface area contributed by atoms with Gasteiger partial charge in [0.1, 0.15) is 11.7 Å². The van der Waals surface area contributed by atoms with E-state index in [9.17, 15) is 9.59 Å². The van der Waals surface area contributed by atoms with Gasteiger partial charge in [0.15, 0.2) is 0 Å². The van der Waals surface area contributed by atoms with Crippen molar-refractivity contribution in [1.82, 2.24) is 40.5 Å². The molecular formula is C23H28N8O2. The lowest BCUT2D eigenvalue weighted by atomic mass is 9.97. The van der Waals surface area contributed by atoms with E-state index in [1.54, 1.807) is 10.9 Å². The summed E-state index contributed by atoms with van der Waals surface area (Å²) >= 11 is 0. The molecule has 0 spiro atoms. The molecule has 2 amide bonds. The van der Waals surface area contributed by atoms with Crippen molar-refractivity contribution >= 4 is 22.7 Å². The minimum Gasteiger partial charge on any atom is -0.317 e. The first kappa shape index (κ1) is 21.6. The van der Waals surface area contributed by atoms with Crippen molar-refractivity contribution in [2.45, 2.75) is 31.7 Å². The zero-order valence-corrected chi connectivity index (χ0v) is 18.7. The number of piperidine rings is 1. The summed E-state index contributed by atoms with van der Waals surface area (Å²) in [6.45, 7) is 3.19. The summed E-state index contributed by atoms with van der Waals surface area (Å²) in [7, 11) is 1.81. The summed E-state index contributed by atoms with van der Waals surface area (Å²) in [5.74, 6) is -0.623. The summed E-state index contributed by atoms with van der Waals surface area (Å²) < 4.78 is 1.63. The summed E-state index contributed by atoms with van der Waals surface area (Å²) in [6.07, 6.45) is 7.09. The van der Waals surface area contributed by atoms with E-state index in [4.69, 9.17) is 4.98 Å². The number of imide groups is 1. The molecule has 10 nitrogen and oxygen atoms in total. The second kappa shape index (κ2) is 9.32. The number of pyridine rings is 2. The number of hydrogen-bond acceptors (Lipinski definition) is 8. The second-order valence-corrected chi connectivity index (χ2v) is 8.80. The van der Waals surface area contributed by atoms with Crippen LogP contribution in [0.25, 0.3) is 22.3 Å². The predicted molar refractivity (Wildman–Crippen MR) is 122 cm³/mol. The zero-order chi connectivity index (χ0) is 22.8. The lowest BCUT2D eigenvalue weighted by molar-refractivity contribution is -0.136. The average molecular weight is 449 g/mol. The van der Waals surface area contributed by atoms with Crippen LogP contribution in [0.4, 0.5) is 0 Å².